The number of carbonyl (C=O) groups excluding carboxylic acids is 1. The van der Waals surface area contributed by atoms with Crippen LogP contribution in [0.25, 0.3) is 0 Å². The number of hydrogen-bond donors (Lipinski definition) is 2. The quantitative estimate of drug-likeness (QED) is 0.893. The monoisotopic (exact) mass is 290 g/mol. The SMILES string of the molecule is Cc1cccc(NC(=O)N(C)CC2CCCC2)c1C(=O)O. The maximum absolute atomic E-state index is 12.2. The van der Waals surface area contributed by atoms with Gasteiger partial charge in [0.25, 0.3) is 0 Å². The molecule has 0 unspecified atom stereocenters. The summed E-state index contributed by atoms with van der Waals surface area (Å²) in [7, 11) is 1.75. The highest BCUT2D eigenvalue weighted by Crippen LogP contribution is 2.25. The largest absolute Gasteiger partial charge is 0.478 e. The fourth-order valence-corrected chi connectivity index (χ4v) is 2.93. The highest BCUT2D eigenvalue weighted by atomic mass is 16.4. The summed E-state index contributed by atoms with van der Waals surface area (Å²) in [6.07, 6.45) is 4.81. The zero-order chi connectivity index (χ0) is 15.4. The molecule has 0 saturated heterocycles. The molecule has 0 atom stereocenters. The van der Waals surface area contributed by atoms with Crippen molar-refractivity contribution in [3.8, 4) is 0 Å². The smallest absolute Gasteiger partial charge is 0.338 e. The Morgan fingerprint density at radius 2 is 2.00 bits per heavy atom. The Morgan fingerprint density at radius 3 is 2.62 bits per heavy atom. The van der Waals surface area contributed by atoms with Gasteiger partial charge < -0.3 is 15.3 Å². The molecule has 0 aliphatic heterocycles. The van der Waals surface area contributed by atoms with E-state index in [1.54, 1.807) is 37.1 Å². The first-order valence-corrected chi connectivity index (χ1v) is 7.34. The van der Waals surface area contributed by atoms with E-state index in [-0.39, 0.29) is 11.6 Å². The number of nitrogens with one attached hydrogen (secondary N) is 1. The molecule has 0 heterocycles. The summed E-state index contributed by atoms with van der Waals surface area (Å²) in [5.41, 5.74) is 1.14. The van der Waals surface area contributed by atoms with E-state index in [1.165, 1.54) is 25.7 Å². The van der Waals surface area contributed by atoms with Crippen molar-refractivity contribution in [3.05, 3.63) is 29.3 Å². The summed E-state index contributed by atoms with van der Waals surface area (Å²) in [6.45, 7) is 2.45. The molecule has 0 radical (unpaired) electrons. The number of aryl methyl sites for hydroxylation is 1. The normalized spacial score (nSPS) is 15.0. The van der Waals surface area contributed by atoms with E-state index < -0.39 is 5.97 Å². The van der Waals surface area contributed by atoms with E-state index in [0.29, 0.717) is 17.2 Å². The molecule has 1 saturated carbocycles. The van der Waals surface area contributed by atoms with Crippen LogP contribution in [0.5, 0.6) is 0 Å². The van der Waals surface area contributed by atoms with Gasteiger partial charge in [0.05, 0.1) is 11.3 Å². The lowest BCUT2D eigenvalue weighted by atomic mass is 10.1. The van der Waals surface area contributed by atoms with Crippen molar-refractivity contribution in [1.82, 2.24) is 4.90 Å². The number of carbonyl (C=O) groups is 2. The van der Waals surface area contributed by atoms with Gasteiger partial charge in [-0.1, -0.05) is 25.0 Å². The van der Waals surface area contributed by atoms with Crippen LogP contribution in [0.2, 0.25) is 0 Å². The molecule has 0 bridgehead atoms. The van der Waals surface area contributed by atoms with Gasteiger partial charge >= 0.3 is 12.0 Å². The second-order valence-electron chi connectivity index (χ2n) is 5.76. The van der Waals surface area contributed by atoms with Crippen LogP contribution in [0.4, 0.5) is 10.5 Å². The average molecular weight is 290 g/mol. The molecule has 5 nitrogen and oxygen atoms in total. The van der Waals surface area contributed by atoms with Crippen LogP contribution in [0.3, 0.4) is 0 Å². The zero-order valence-electron chi connectivity index (χ0n) is 12.6. The van der Waals surface area contributed by atoms with Crippen LogP contribution in [-0.2, 0) is 0 Å². The number of hydrogen-bond acceptors (Lipinski definition) is 2. The Labute approximate surface area is 125 Å². The van der Waals surface area contributed by atoms with Gasteiger partial charge in [-0.05, 0) is 37.3 Å². The highest BCUT2D eigenvalue weighted by Gasteiger charge is 2.21. The topological polar surface area (TPSA) is 69.6 Å². The number of carboxylic acids is 1. The standard InChI is InChI=1S/C16H22N2O3/c1-11-6-5-9-13(14(11)15(19)20)17-16(21)18(2)10-12-7-3-4-8-12/h5-6,9,12H,3-4,7-8,10H2,1-2H3,(H,17,21)(H,19,20). The summed E-state index contributed by atoms with van der Waals surface area (Å²) in [4.78, 5) is 25.2. The lowest BCUT2D eigenvalue weighted by Gasteiger charge is -2.22. The van der Waals surface area contributed by atoms with Crippen molar-refractivity contribution in [2.75, 3.05) is 18.9 Å². The molecule has 2 N–H and O–H groups in total. The van der Waals surface area contributed by atoms with Crippen molar-refractivity contribution in [1.29, 1.82) is 0 Å². The van der Waals surface area contributed by atoms with Gasteiger partial charge in [0.2, 0.25) is 0 Å². The van der Waals surface area contributed by atoms with Gasteiger partial charge in [0, 0.05) is 13.6 Å². The van der Waals surface area contributed by atoms with Crippen LogP contribution in [0.15, 0.2) is 18.2 Å². The van der Waals surface area contributed by atoms with Crippen molar-refractivity contribution >= 4 is 17.7 Å². The van der Waals surface area contributed by atoms with Crippen LogP contribution < -0.4 is 5.32 Å². The number of amides is 2. The first-order chi connectivity index (χ1) is 9.99. The molecule has 1 aromatic rings. The number of urea groups is 1. The van der Waals surface area contributed by atoms with Gasteiger partial charge in [-0.2, -0.15) is 0 Å². The van der Waals surface area contributed by atoms with E-state index in [2.05, 4.69) is 5.32 Å². The molecule has 0 aromatic heterocycles. The van der Waals surface area contributed by atoms with Crippen LogP contribution in [0, 0.1) is 12.8 Å². The number of rotatable bonds is 4. The molecule has 1 aliphatic rings. The van der Waals surface area contributed by atoms with Crippen LogP contribution in [0.1, 0.15) is 41.6 Å². The highest BCUT2D eigenvalue weighted by molar-refractivity contribution is 6.01. The molecular formula is C16H22N2O3. The number of nitrogens with zero attached hydrogens (tertiary/aromatic N) is 1. The molecule has 21 heavy (non-hydrogen) atoms. The first-order valence-electron chi connectivity index (χ1n) is 7.34. The molecule has 2 rings (SSSR count). The predicted molar refractivity (Wildman–Crippen MR) is 81.7 cm³/mol. The number of anilines is 1. The van der Waals surface area contributed by atoms with Crippen LogP contribution in [-0.4, -0.2) is 35.6 Å². The Hall–Kier alpha value is -2.04. The number of aromatic carboxylic acids is 1. The minimum absolute atomic E-state index is 0.153. The van der Waals surface area contributed by atoms with Gasteiger partial charge in [0.15, 0.2) is 0 Å². The number of carboxylic acid groups (broad SMARTS) is 1. The lowest BCUT2D eigenvalue weighted by Crippen LogP contribution is -2.35. The lowest BCUT2D eigenvalue weighted by molar-refractivity contribution is 0.0697. The fourth-order valence-electron chi connectivity index (χ4n) is 2.93. The summed E-state index contributed by atoms with van der Waals surface area (Å²) < 4.78 is 0. The van der Waals surface area contributed by atoms with Crippen molar-refractivity contribution in [2.24, 2.45) is 5.92 Å². The third-order valence-corrected chi connectivity index (χ3v) is 4.08. The molecular weight excluding hydrogens is 268 g/mol. The van der Waals surface area contributed by atoms with Crippen molar-refractivity contribution in [3.63, 3.8) is 0 Å². The maximum atomic E-state index is 12.2. The minimum Gasteiger partial charge on any atom is -0.478 e. The Bertz CT molecular complexity index is 536. The summed E-state index contributed by atoms with van der Waals surface area (Å²) >= 11 is 0. The predicted octanol–water partition coefficient (Wildman–Crippen LogP) is 3.35. The Kier molecular flexibility index (Phi) is 4.83. The fraction of sp³-hybridized carbons (Fsp3) is 0.500. The zero-order valence-corrected chi connectivity index (χ0v) is 12.6. The molecule has 1 aliphatic carbocycles. The molecule has 114 valence electrons. The molecule has 0 spiro atoms. The van der Waals surface area contributed by atoms with Crippen molar-refractivity contribution in [2.45, 2.75) is 32.6 Å². The van der Waals surface area contributed by atoms with E-state index in [9.17, 15) is 14.7 Å². The van der Waals surface area contributed by atoms with Gasteiger partial charge in [-0.15, -0.1) is 0 Å². The van der Waals surface area contributed by atoms with Gasteiger partial charge in [-0.3, -0.25) is 0 Å². The number of benzene rings is 1. The second kappa shape index (κ2) is 6.61. The molecule has 2 amide bonds. The summed E-state index contributed by atoms with van der Waals surface area (Å²) in [6, 6.07) is 4.84. The maximum Gasteiger partial charge on any atom is 0.338 e. The molecule has 1 aromatic carbocycles. The summed E-state index contributed by atoms with van der Waals surface area (Å²) in [5, 5.41) is 12.0. The minimum atomic E-state index is -1.03. The summed E-state index contributed by atoms with van der Waals surface area (Å²) in [5.74, 6) is -0.459. The third kappa shape index (κ3) is 3.74. The van der Waals surface area contributed by atoms with Gasteiger partial charge in [0.1, 0.15) is 0 Å². The van der Waals surface area contributed by atoms with Crippen LogP contribution >= 0.6 is 0 Å². The third-order valence-electron chi connectivity index (χ3n) is 4.08. The van der Waals surface area contributed by atoms with Gasteiger partial charge in [-0.25, -0.2) is 9.59 Å². The van der Waals surface area contributed by atoms with E-state index in [4.69, 9.17) is 0 Å². The Balaban J connectivity index is 2.05. The second-order valence-corrected chi connectivity index (χ2v) is 5.76. The first kappa shape index (κ1) is 15.4. The Morgan fingerprint density at radius 1 is 1.33 bits per heavy atom. The molecule has 5 heteroatoms. The van der Waals surface area contributed by atoms with Crippen molar-refractivity contribution < 1.29 is 14.7 Å². The van der Waals surface area contributed by atoms with E-state index in [0.717, 1.165) is 6.54 Å². The van der Waals surface area contributed by atoms with E-state index >= 15 is 0 Å². The molecule has 1 fully saturated rings. The van der Waals surface area contributed by atoms with E-state index in [1.807, 2.05) is 0 Å². The average Bonchev–Trinajstić information content (AvgIpc) is 2.91.